The highest BCUT2D eigenvalue weighted by molar-refractivity contribution is 5.97. The highest BCUT2D eigenvalue weighted by Crippen LogP contribution is 2.22. The van der Waals surface area contributed by atoms with Gasteiger partial charge in [0.25, 0.3) is 0 Å². The number of hydrogen-bond acceptors (Lipinski definition) is 5. The third kappa shape index (κ3) is 3.37. The zero-order valence-corrected chi connectivity index (χ0v) is 15.7. The van der Waals surface area contributed by atoms with E-state index < -0.39 is 0 Å². The van der Waals surface area contributed by atoms with Gasteiger partial charge >= 0.3 is 0 Å². The van der Waals surface area contributed by atoms with Crippen LogP contribution in [0.2, 0.25) is 0 Å². The van der Waals surface area contributed by atoms with Crippen molar-refractivity contribution in [2.75, 3.05) is 7.11 Å². The van der Waals surface area contributed by atoms with Gasteiger partial charge in [-0.15, -0.1) is 10.2 Å². The molecule has 2 heterocycles. The van der Waals surface area contributed by atoms with Gasteiger partial charge in [-0.05, 0) is 51.1 Å². The van der Waals surface area contributed by atoms with E-state index in [-0.39, 0.29) is 12.3 Å². The SMILES string of the molecule is COc1cccc(-c2nnn(CC(=O)c3cc(C)n(C(C)C)c3C)n2)c1. The van der Waals surface area contributed by atoms with Crippen molar-refractivity contribution in [3.05, 3.63) is 47.3 Å². The minimum Gasteiger partial charge on any atom is -0.497 e. The van der Waals surface area contributed by atoms with E-state index in [2.05, 4.69) is 33.8 Å². The molecule has 3 aromatic rings. The number of Topliss-reactive ketones (excluding diaryl/α,β-unsaturated/α-hetero) is 1. The van der Waals surface area contributed by atoms with Crippen LogP contribution in [0.25, 0.3) is 11.4 Å². The Morgan fingerprint density at radius 2 is 2.00 bits per heavy atom. The van der Waals surface area contributed by atoms with Crippen LogP contribution in [0.5, 0.6) is 5.75 Å². The Labute approximate surface area is 152 Å². The smallest absolute Gasteiger partial charge is 0.205 e. The molecule has 0 radical (unpaired) electrons. The first-order valence-corrected chi connectivity index (χ1v) is 8.54. The average Bonchev–Trinajstić information content (AvgIpc) is 3.19. The van der Waals surface area contributed by atoms with Crippen molar-refractivity contribution >= 4 is 5.78 Å². The molecule has 0 amide bonds. The third-order valence-electron chi connectivity index (χ3n) is 4.37. The molecule has 26 heavy (non-hydrogen) atoms. The van der Waals surface area contributed by atoms with Gasteiger partial charge in [-0.2, -0.15) is 4.80 Å². The molecule has 0 aliphatic rings. The summed E-state index contributed by atoms with van der Waals surface area (Å²) in [6.45, 7) is 8.25. The summed E-state index contributed by atoms with van der Waals surface area (Å²) >= 11 is 0. The zero-order chi connectivity index (χ0) is 18.8. The second-order valence-electron chi connectivity index (χ2n) is 6.55. The minimum absolute atomic E-state index is 0.0282. The van der Waals surface area contributed by atoms with Gasteiger partial charge in [-0.3, -0.25) is 4.79 Å². The Morgan fingerprint density at radius 3 is 2.65 bits per heavy atom. The lowest BCUT2D eigenvalue weighted by Crippen LogP contribution is -2.14. The van der Waals surface area contributed by atoms with Gasteiger partial charge in [0, 0.05) is 28.6 Å². The summed E-state index contributed by atoms with van der Waals surface area (Å²) in [4.78, 5) is 14.0. The molecule has 0 unspecified atom stereocenters. The van der Waals surface area contributed by atoms with E-state index in [4.69, 9.17) is 4.74 Å². The van der Waals surface area contributed by atoms with Gasteiger partial charge < -0.3 is 9.30 Å². The number of ketones is 1. The van der Waals surface area contributed by atoms with Crippen LogP contribution in [0.15, 0.2) is 30.3 Å². The zero-order valence-electron chi connectivity index (χ0n) is 15.7. The van der Waals surface area contributed by atoms with Crippen molar-refractivity contribution in [1.82, 2.24) is 24.8 Å². The van der Waals surface area contributed by atoms with E-state index in [0.29, 0.717) is 17.4 Å². The lowest BCUT2D eigenvalue weighted by Gasteiger charge is -2.13. The molecule has 0 N–H and O–H groups in total. The second kappa shape index (κ2) is 7.11. The Kier molecular flexibility index (Phi) is 4.88. The summed E-state index contributed by atoms with van der Waals surface area (Å²) in [6, 6.07) is 9.66. The Bertz CT molecular complexity index is 939. The lowest BCUT2D eigenvalue weighted by molar-refractivity contribution is 0.0960. The maximum atomic E-state index is 12.7. The molecule has 0 aliphatic heterocycles. The molecule has 0 fully saturated rings. The number of hydrogen-bond donors (Lipinski definition) is 0. The molecule has 0 saturated heterocycles. The molecule has 0 bridgehead atoms. The van der Waals surface area contributed by atoms with Crippen molar-refractivity contribution < 1.29 is 9.53 Å². The normalized spacial score (nSPS) is 11.2. The van der Waals surface area contributed by atoms with Crippen molar-refractivity contribution in [3.8, 4) is 17.1 Å². The van der Waals surface area contributed by atoms with Crippen molar-refractivity contribution in [2.24, 2.45) is 0 Å². The standard InChI is InChI=1S/C19H23N5O2/c1-12(2)24-13(3)9-17(14(24)4)18(25)11-23-21-19(20-22-23)15-7-6-8-16(10-15)26-5/h6-10,12H,11H2,1-5H3. The second-order valence-corrected chi connectivity index (χ2v) is 6.55. The number of tetrazole rings is 1. The first-order chi connectivity index (χ1) is 12.4. The molecule has 2 aromatic heterocycles. The van der Waals surface area contributed by atoms with Gasteiger partial charge in [0.2, 0.25) is 5.82 Å². The molecule has 0 spiro atoms. The summed E-state index contributed by atoms with van der Waals surface area (Å²) in [7, 11) is 1.61. The highest BCUT2D eigenvalue weighted by Gasteiger charge is 2.18. The molecule has 7 heteroatoms. The van der Waals surface area contributed by atoms with Crippen molar-refractivity contribution in [2.45, 2.75) is 40.3 Å². The number of aryl methyl sites for hydroxylation is 1. The predicted octanol–water partition coefficient (Wildman–Crippen LogP) is 3.23. The first kappa shape index (κ1) is 17.8. The summed E-state index contributed by atoms with van der Waals surface area (Å²) in [5, 5.41) is 12.4. The molecule has 0 saturated carbocycles. The summed E-state index contributed by atoms with van der Waals surface area (Å²) in [5.74, 6) is 1.15. The van der Waals surface area contributed by atoms with Gasteiger partial charge in [0.1, 0.15) is 12.3 Å². The maximum absolute atomic E-state index is 12.7. The number of ether oxygens (including phenoxy) is 1. The molecular formula is C19H23N5O2. The number of aromatic nitrogens is 5. The van der Waals surface area contributed by atoms with E-state index in [0.717, 1.165) is 22.7 Å². The lowest BCUT2D eigenvalue weighted by atomic mass is 10.1. The van der Waals surface area contributed by atoms with Gasteiger partial charge in [0.15, 0.2) is 5.78 Å². The number of carbonyl (C=O) groups excluding carboxylic acids is 1. The van der Waals surface area contributed by atoms with Crippen LogP contribution in [0.1, 0.15) is 41.6 Å². The summed E-state index contributed by atoms with van der Waals surface area (Å²) in [5.41, 5.74) is 3.54. The predicted molar refractivity (Wildman–Crippen MR) is 98.4 cm³/mol. The Morgan fingerprint density at radius 1 is 1.23 bits per heavy atom. The molecule has 3 rings (SSSR count). The van der Waals surface area contributed by atoms with Crippen LogP contribution in [-0.2, 0) is 6.54 Å². The largest absolute Gasteiger partial charge is 0.497 e. The number of benzene rings is 1. The molecule has 0 aliphatic carbocycles. The third-order valence-corrected chi connectivity index (χ3v) is 4.37. The fourth-order valence-electron chi connectivity index (χ4n) is 3.26. The van der Waals surface area contributed by atoms with Crippen LogP contribution < -0.4 is 4.74 Å². The summed E-state index contributed by atoms with van der Waals surface area (Å²) < 4.78 is 7.37. The average molecular weight is 353 g/mol. The monoisotopic (exact) mass is 353 g/mol. The van der Waals surface area contributed by atoms with Gasteiger partial charge in [-0.25, -0.2) is 0 Å². The van der Waals surface area contributed by atoms with Gasteiger partial charge in [0.05, 0.1) is 7.11 Å². The first-order valence-electron chi connectivity index (χ1n) is 8.54. The molecule has 1 aromatic carbocycles. The van der Waals surface area contributed by atoms with E-state index in [9.17, 15) is 4.79 Å². The van der Waals surface area contributed by atoms with E-state index in [1.54, 1.807) is 7.11 Å². The minimum atomic E-state index is -0.0282. The topological polar surface area (TPSA) is 74.8 Å². The van der Waals surface area contributed by atoms with E-state index in [1.165, 1.54) is 4.80 Å². The number of nitrogens with zero attached hydrogens (tertiary/aromatic N) is 5. The Hall–Kier alpha value is -2.96. The molecular weight excluding hydrogens is 330 g/mol. The van der Waals surface area contributed by atoms with Crippen LogP contribution in [0, 0.1) is 13.8 Å². The number of methoxy groups -OCH3 is 1. The molecule has 136 valence electrons. The number of carbonyl (C=O) groups is 1. The number of rotatable bonds is 6. The van der Waals surface area contributed by atoms with E-state index >= 15 is 0 Å². The molecule has 0 atom stereocenters. The maximum Gasteiger partial charge on any atom is 0.205 e. The van der Waals surface area contributed by atoms with Crippen LogP contribution in [0.4, 0.5) is 0 Å². The van der Waals surface area contributed by atoms with Crippen molar-refractivity contribution in [3.63, 3.8) is 0 Å². The van der Waals surface area contributed by atoms with Gasteiger partial charge in [-0.1, -0.05) is 12.1 Å². The highest BCUT2D eigenvalue weighted by atomic mass is 16.5. The Balaban J connectivity index is 1.81. The van der Waals surface area contributed by atoms with Crippen LogP contribution in [0.3, 0.4) is 0 Å². The van der Waals surface area contributed by atoms with Crippen LogP contribution >= 0.6 is 0 Å². The van der Waals surface area contributed by atoms with Crippen molar-refractivity contribution in [1.29, 1.82) is 0 Å². The quantitative estimate of drug-likeness (QED) is 0.636. The fourth-order valence-corrected chi connectivity index (χ4v) is 3.26. The fraction of sp³-hybridized carbons (Fsp3) is 0.368. The summed E-state index contributed by atoms with van der Waals surface area (Å²) in [6.07, 6.45) is 0. The van der Waals surface area contributed by atoms with Crippen LogP contribution in [-0.4, -0.2) is 37.7 Å². The molecule has 7 nitrogen and oxygen atoms in total. The van der Waals surface area contributed by atoms with E-state index in [1.807, 2.05) is 44.2 Å².